The molecule has 1 aromatic heterocycles. The van der Waals surface area contributed by atoms with Gasteiger partial charge in [0.15, 0.2) is 0 Å². The predicted molar refractivity (Wildman–Crippen MR) is 92.4 cm³/mol. The van der Waals surface area contributed by atoms with Gasteiger partial charge in [0.05, 0.1) is 23.4 Å². The number of carbonyl (C=O) groups is 2. The number of rotatable bonds is 3. The van der Waals surface area contributed by atoms with Crippen LogP contribution >= 0.6 is 11.6 Å². The molecule has 1 fully saturated rings. The first-order valence-electron chi connectivity index (χ1n) is 7.98. The molecule has 8 heteroatoms. The summed E-state index contributed by atoms with van der Waals surface area (Å²) in [6, 6.07) is 8.48. The lowest BCUT2D eigenvalue weighted by atomic mass is 10.0. The zero-order valence-electron chi connectivity index (χ0n) is 13.7. The first kappa shape index (κ1) is 17.4. The highest BCUT2D eigenvalue weighted by molar-refractivity contribution is 6.33. The van der Waals surface area contributed by atoms with Gasteiger partial charge in [-0.15, -0.1) is 0 Å². The molecule has 0 saturated carbocycles. The molecule has 25 heavy (non-hydrogen) atoms. The quantitative estimate of drug-likeness (QED) is 0.855. The summed E-state index contributed by atoms with van der Waals surface area (Å²) in [6.07, 6.45) is 1.01. The fourth-order valence-corrected chi connectivity index (χ4v) is 3.20. The van der Waals surface area contributed by atoms with Crippen molar-refractivity contribution >= 4 is 23.4 Å². The molecular weight excluding hydrogens is 344 g/mol. The zero-order chi connectivity index (χ0) is 18.0. The second-order valence-electron chi connectivity index (χ2n) is 6.02. The van der Waals surface area contributed by atoms with Crippen LogP contribution in [0.1, 0.15) is 27.3 Å². The second kappa shape index (κ2) is 7.25. The Balaban J connectivity index is 1.62. The number of hydrogen-bond acceptors (Lipinski definition) is 4. The Morgan fingerprint density at radius 2 is 2.04 bits per heavy atom. The molecule has 0 spiro atoms. The topological polar surface area (TPSA) is 87.5 Å². The van der Waals surface area contributed by atoms with Gasteiger partial charge in [-0.25, -0.2) is 0 Å². The Bertz CT molecular complexity index is 758. The summed E-state index contributed by atoms with van der Waals surface area (Å²) in [7, 11) is 1.62. The van der Waals surface area contributed by atoms with Gasteiger partial charge in [0, 0.05) is 25.7 Å². The maximum Gasteiger partial charge on any atom is 0.271 e. The average molecular weight is 363 g/mol. The van der Waals surface area contributed by atoms with Crippen molar-refractivity contribution in [3.8, 4) is 0 Å². The summed E-state index contributed by atoms with van der Waals surface area (Å²) >= 11 is 5.97. The molecule has 1 saturated heterocycles. The minimum Gasteiger partial charge on any atom is -0.389 e. The van der Waals surface area contributed by atoms with Crippen LogP contribution < -0.4 is 5.32 Å². The molecule has 2 atom stereocenters. The number of aromatic nitrogens is 2. The molecule has 1 aliphatic rings. The van der Waals surface area contributed by atoms with Gasteiger partial charge in [0.2, 0.25) is 0 Å². The predicted octanol–water partition coefficient (Wildman–Crippen LogP) is 1.08. The van der Waals surface area contributed by atoms with E-state index >= 15 is 0 Å². The number of nitrogens with zero attached hydrogens (tertiary/aromatic N) is 3. The van der Waals surface area contributed by atoms with Crippen molar-refractivity contribution in [3.63, 3.8) is 0 Å². The number of aliphatic hydroxyl groups is 1. The highest BCUT2D eigenvalue weighted by Crippen LogP contribution is 2.17. The number of carbonyl (C=O) groups excluding carboxylic acids is 2. The number of β-amino-alcohol motifs (C(OH)–C–C–N with tert-alkyl or cyclic N) is 1. The standard InChI is InChI=1S/C17H19ClN4O3/c1-21-15(12(18)9-19-21)16(24)20-13-7-8-22(10-14(13)23)17(25)11-5-3-2-4-6-11/h2-6,9,13-14,23H,7-8,10H2,1H3,(H,20,24)/t13-,14-/m1/s1. The number of aryl methyl sites for hydroxylation is 1. The number of likely N-dealkylation sites (tertiary alicyclic amines) is 1. The molecule has 0 radical (unpaired) electrons. The number of benzene rings is 1. The average Bonchev–Trinajstić information content (AvgIpc) is 2.95. The maximum atomic E-state index is 12.4. The molecule has 132 valence electrons. The van der Waals surface area contributed by atoms with Gasteiger partial charge in [-0.05, 0) is 18.6 Å². The van der Waals surface area contributed by atoms with Gasteiger partial charge in [-0.1, -0.05) is 29.8 Å². The third kappa shape index (κ3) is 3.67. The van der Waals surface area contributed by atoms with E-state index in [1.165, 1.54) is 10.9 Å². The normalized spacial score (nSPS) is 20.4. The van der Waals surface area contributed by atoms with Gasteiger partial charge in [0.25, 0.3) is 11.8 Å². The first-order valence-corrected chi connectivity index (χ1v) is 8.36. The van der Waals surface area contributed by atoms with Crippen LogP contribution in [0.4, 0.5) is 0 Å². The largest absolute Gasteiger partial charge is 0.389 e. The van der Waals surface area contributed by atoms with Crippen LogP contribution in [0, 0.1) is 0 Å². The number of halogens is 1. The van der Waals surface area contributed by atoms with E-state index in [0.717, 1.165) is 0 Å². The van der Waals surface area contributed by atoms with Crippen molar-refractivity contribution in [2.45, 2.75) is 18.6 Å². The first-order chi connectivity index (χ1) is 12.0. The van der Waals surface area contributed by atoms with Crippen LogP contribution in [0.25, 0.3) is 0 Å². The van der Waals surface area contributed by atoms with Crippen LogP contribution in [0.3, 0.4) is 0 Å². The Morgan fingerprint density at radius 3 is 2.64 bits per heavy atom. The van der Waals surface area contributed by atoms with E-state index in [4.69, 9.17) is 11.6 Å². The second-order valence-corrected chi connectivity index (χ2v) is 6.43. The van der Waals surface area contributed by atoms with Gasteiger partial charge in [-0.3, -0.25) is 14.3 Å². The van der Waals surface area contributed by atoms with E-state index < -0.39 is 18.1 Å². The van der Waals surface area contributed by atoms with E-state index in [0.29, 0.717) is 18.5 Å². The van der Waals surface area contributed by atoms with Crippen LogP contribution in [-0.4, -0.2) is 56.8 Å². The molecule has 1 aromatic carbocycles. The van der Waals surface area contributed by atoms with E-state index in [-0.39, 0.29) is 23.2 Å². The van der Waals surface area contributed by atoms with Crippen molar-refractivity contribution in [3.05, 3.63) is 52.8 Å². The number of amides is 2. The Morgan fingerprint density at radius 1 is 1.32 bits per heavy atom. The molecule has 2 amide bonds. The molecule has 0 bridgehead atoms. The van der Waals surface area contributed by atoms with Crippen molar-refractivity contribution < 1.29 is 14.7 Å². The maximum absolute atomic E-state index is 12.4. The van der Waals surface area contributed by atoms with Crippen molar-refractivity contribution in [1.29, 1.82) is 0 Å². The van der Waals surface area contributed by atoms with Crippen molar-refractivity contribution in [1.82, 2.24) is 20.0 Å². The summed E-state index contributed by atoms with van der Waals surface area (Å²) in [5.74, 6) is -0.518. The van der Waals surface area contributed by atoms with E-state index in [2.05, 4.69) is 10.4 Å². The summed E-state index contributed by atoms with van der Waals surface area (Å²) in [5.41, 5.74) is 0.829. The minimum atomic E-state index is -0.850. The van der Waals surface area contributed by atoms with Gasteiger partial charge in [-0.2, -0.15) is 5.10 Å². The molecule has 0 unspecified atom stereocenters. The summed E-state index contributed by atoms with van der Waals surface area (Å²) in [6.45, 7) is 0.618. The smallest absolute Gasteiger partial charge is 0.271 e. The third-order valence-corrected chi connectivity index (χ3v) is 4.59. The SMILES string of the molecule is Cn1ncc(Cl)c1C(=O)N[C@@H]1CCN(C(=O)c2ccccc2)C[C@H]1O. The molecule has 2 aromatic rings. The lowest BCUT2D eigenvalue weighted by Crippen LogP contribution is -2.55. The lowest BCUT2D eigenvalue weighted by molar-refractivity contribution is 0.0313. The highest BCUT2D eigenvalue weighted by atomic mass is 35.5. The van der Waals surface area contributed by atoms with Crippen LogP contribution in [-0.2, 0) is 7.05 Å². The van der Waals surface area contributed by atoms with Crippen LogP contribution in [0.2, 0.25) is 5.02 Å². The third-order valence-electron chi connectivity index (χ3n) is 4.32. The number of aliphatic hydroxyl groups excluding tert-OH is 1. The van der Waals surface area contributed by atoms with E-state index in [1.807, 2.05) is 6.07 Å². The van der Waals surface area contributed by atoms with Crippen molar-refractivity contribution in [2.75, 3.05) is 13.1 Å². The molecule has 7 nitrogen and oxygen atoms in total. The number of piperidine rings is 1. The Hall–Kier alpha value is -2.38. The fraction of sp³-hybridized carbons (Fsp3) is 0.353. The highest BCUT2D eigenvalue weighted by Gasteiger charge is 2.32. The summed E-state index contributed by atoms with van der Waals surface area (Å²) in [5, 5.41) is 17.3. The molecular formula is C17H19ClN4O3. The Labute approximate surface area is 150 Å². The van der Waals surface area contributed by atoms with E-state index in [9.17, 15) is 14.7 Å². The molecule has 2 N–H and O–H groups in total. The minimum absolute atomic E-state index is 0.126. The van der Waals surface area contributed by atoms with Gasteiger partial charge < -0.3 is 15.3 Å². The summed E-state index contributed by atoms with van der Waals surface area (Å²) in [4.78, 5) is 26.4. The number of hydrogen-bond donors (Lipinski definition) is 2. The zero-order valence-corrected chi connectivity index (χ0v) is 14.5. The fourth-order valence-electron chi connectivity index (χ4n) is 2.95. The molecule has 2 heterocycles. The van der Waals surface area contributed by atoms with Gasteiger partial charge >= 0.3 is 0 Å². The summed E-state index contributed by atoms with van der Waals surface area (Å²) < 4.78 is 1.39. The Kier molecular flexibility index (Phi) is 5.06. The van der Waals surface area contributed by atoms with Crippen molar-refractivity contribution in [2.24, 2.45) is 7.05 Å². The monoisotopic (exact) mass is 362 g/mol. The lowest BCUT2D eigenvalue weighted by Gasteiger charge is -2.36. The molecule has 3 rings (SSSR count). The van der Waals surface area contributed by atoms with E-state index in [1.54, 1.807) is 36.2 Å². The molecule has 1 aliphatic heterocycles. The van der Waals surface area contributed by atoms with Gasteiger partial charge in [0.1, 0.15) is 5.69 Å². The molecule has 0 aliphatic carbocycles. The van der Waals surface area contributed by atoms with Crippen LogP contribution in [0.5, 0.6) is 0 Å². The van der Waals surface area contributed by atoms with Crippen LogP contribution in [0.15, 0.2) is 36.5 Å². The number of nitrogens with one attached hydrogen (secondary N) is 1.